The van der Waals surface area contributed by atoms with Gasteiger partial charge >= 0.3 is 0 Å². The van der Waals surface area contributed by atoms with Crippen LogP contribution in [-0.2, 0) is 10.3 Å². The lowest BCUT2D eigenvalue weighted by Crippen LogP contribution is -2.28. The minimum absolute atomic E-state index is 0.0785. The topological polar surface area (TPSA) is 25.7 Å². The van der Waals surface area contributed by atoms with Crippen molar-refractivity contribution >= 4 is 0 Å². The van der Waals surface area contributed by atoms with Crippen molar-refractivity contribution < 1.29 is 9.15 Å². The van der Waals surface area contributed by atoms with Gasteiger partial charge in [-0.3, -0.25) is 0 Å². The van der Waals surface area contributed by atoms with E-state index in [-0.39, 0.29) is 11.0 Å². The van der Waals surface area contributed by atoms with Crippen LogP contribution in [0.3, 0.4) is 0 Å². The zero-order valence-corrected chi connectivity index (χ0v) is 8.04. The summed E-state index contributed by atoms with van der Waals surface area (Å²) in [6.07, 6.45) is 3.60. The molecule has 0 radical (unpaired) electrons. The van der Waals surface area contributed by atoms with E-state index in [2.05, 4.69) is 20.4 Å². The van der Waals surface area contributed by atoms with Gasteiger partial charge in [0.15, 0.2) is 5.60 Å². The highest BCUT2D eigenvalue weighted by atomic mass is 16.6. The first-order valence-electron chi connectivity index (χ1n) is 4.44. The molecule has 0 aliphatic carbocycles. The summed E-state index contributed by atoms with van der Waals surface area (Å²) >= 11 is 0. The van der Waals surface area contributed by atoms with Gasteiger partial charge in [-0.15, -0.1) is 6.58 Å². The van der Waals surface area contributed by atoms with Gasteiger partial charge in [0, 0.05) is 5.41 Å². The molecule has 0 bridgehead atoms. The van der Waals surface area contributed by atoms with Crippen LogP contribution in [0, 0.1) is 5.41 Å². The largest absolute Gasteiger partial charge is 0.466 e. The molecule has 2 nitrogen and oxygen atoms in total. The molecular weight excluding hydrogens is 164 g/mol. The molecule has 1 aromatic heterocycles. The molecule has 0 saturated carbocycles. The second kappa shape index (κ2) is 2.48. The summed E-state index contributed by atoms with van der Waals surface area (Å²) in [5.41, 5.74) is -0.344. The maximum absolute atomic E-state index is 5.53. The fourth-order valence-electron chi connectivity index (χ4n) is 1.58. The number of hydrogen-bond acceptors (Lipinski definition) is 2. The fraction of sp³-hybridized carbons (Fsp3) is 0.455. The van der Waals surface area contributed by atoms with Crippen LogP contribution in [0.1, 0.15) is 19.6 Å². The fourth-order valence-corrected chi connectivity index (χ4v) is 1.58. The molecule has 1 aliphatic heterocycles. The maximum atomic E-state index is 5.53. The predicted octanol–water partition coefficient (Wildman–Crippen LogP) is 2.72. The Hall–Kier alpha value is -1.02. The molecule has 70 valence electrons. The van der Waals surface area contributed by atoms with Crippen LogP contribution < -0.4 is 0 Å². The third-order valence-corrected chi connectivity index (χ3v) is 2.90. The van der Waals surface area contributed by atoms with E-state index in [0.29, 0.717) is 0 Å². The molecule has 1 atom stereocenters. The van der Waals surface area contributed by atoms with Gasteiger partial charge in [0.2, 0.25) is 0 Å². The zero-order valence-electron chi connectivity index (χ0n) is 8.04. The van der Waals surface area contributed by atoms with Crippen molar-refractivity contribution in [3.05, 3.63) is 36.8 Å². The summed E-state index contributed by atoms with van der Waals surface area (Å²) in [5, 5.41) is 0. The summed E-state index contributed by atoms with van der Waals surface area (Å²) < 4.78 is 10.9. The number of hydrogen-bond donors (Lipinski definition) is 0. The van der Waals surface area contributed by atoms with E-state index in [1.54, 1.807) is 6.26 Å². The predicted molar refractivity (Wildman–Crippen MR) is 50.3 cm³/mol. The molecule has 1 saturated heterocycles. The van der Waals surface area contributed by atoms with E-state index in [9.17, 15) is 0 Å². The van der Waals surface area contributed by atoms with Crippen molar-refractivity contribution in [3.63, 3.8) is 0 Å². The molecular formula is C11H14O2. The Bertz CT molecular complexity index is 305. The Kier molecular flexibility index (Phi) is 1.64. The quantitative estimate of drug-likeness (QED) is 0.525. The van der Waals surface area contributed by atoms with Crippen molar-refractivity contribution in [1.29, 1.82) is 0 Å². The number of epoxide rings is 1. The van der Waals surface area contributed by atoms with Gasteiger partial charge in [0.1, 0.15) is 5.76 Å². The Balaban J connectivity index is 2.37. The van der Waals surface area contributed by atoms with Crippen LogP contribution in [-0.4, -0.2) is 6.61 Å². The average molecular weight is 178 g/mol. The van der Waals surface area contributed by atoms with Gasteiger partial charge < -0.3 is 9.15 Å². The van der Waals surface area contributed by atoms with Crippen molar-refractivity contribution in [3.8, 4) is 0 Å². The SMILES string of the molecule is C=CC(C)(C)C1(c2ccco2)CO1. The second-order valence-corrected chi connectivity index (χ2v) is 4.02. The van der Waals surface area contributed by atoms with Crippen LogP contribution in [0.2, 0.25) is 0 Å². The van der Waals surface area contributed by atoms with Gasteiger partial charge in [-0.25, -0.2) is 0 Å². The highest BCUT2D eigenvalue weighted by Crippen LogP contribution is 2.53. The van der Waals surface area contributed by atoms with Crippen molar-refractivity contribution in [1.82, 2.24) is 0 Å². The van der Waals surface area contributed by atoms with Crippen LogP contribution >= 0.6 is 0 Å². The molecule has 13 heavy (non-hydrogen) atoms. The highest BCUT2D eigenvalue weighted by molar-refractivity contribution is 5.23. The van der Waals surface area contributed by atoms with Crippen LogP contribution in [0.15, 0.2) is 35.5 Å². The number of ether oxygens (including phenoxy) is 1. The lowest BCUT2D eigenvalue weighted by atomic mass is 9.77. The molecule has 0 amide bonds. The Morgan fingerprint density at radius 3 is 2.69 bits per heavy atom. The molecule has 1 unspecified atom stereocenters. The first-order valence-corrected chi connectivity index (χ1v) is 4.44. The monoisotopic (exact) mass is 178 g/mol. The van der Waals surface area contributed by atoms with E-state index in [4.69, 9.17) is 9.15 Å². The summed E-state index contributed by atoms with van der Waals surface area (Å²) in [5.74, 6) is 0.900. The molecule has 2 heterocycles. The van der Waals surface area contributed by atoms with E-state index in [1.807, 2.05) is 18.2 Å². The molecule has 1 aliphatic rings. The van der Waals surface area contributed by atoms with Gasteiger partial charge in [0.05, 0.1) is 12.9 Å². The first kappa shape index (κ1) is 8.57. The number of furan rings is 1. The summed E-state index contributed by atoms with van der Waals surface area (Å²) in [4.78, 5) is 0. The standard InChI is InChI=1S/C11H14O2/c1-4-10(2,3)11(8-13-11)9-6-5-7-12-9/h4-7H,1,8H2,2-3H3. The summed E-state index contributed by atoms with van der Waals surface area (Å²) in [7, 11) is 0. The third-order valence-electron chi connectivity index (χ3n) is 2.90. The Morgan fingerprint density at radius 1 is 1.62 bits per heavy atom. The molecule has 0 N–H and O–H groups in total. The number of rotatable bonds is 3. The maximum Gasteiger partial charge on any atom is 0.157 e. The van der Waals surface area contributed by atoms with E-state index in [0.717, 1.165) is 12.4 Å². The Labute approximate surface area is 78.2 Å². The average Bonchev–Trinajstić information content (AvgIpc) is 2.77. The molecule has 2 rings (SSSR count). The van der Waals surface area contributed by atoms with Gasteiger partial charge in [-0.2, -0.15) is 0 Å². The van der Waals surface area contributed by atoms with E-state index in [1.165, 1.54) is 0 Å². The normalized spacial score (nSPS) is 27.2. The van der Waals surface area contributed by atoms with Crippen molar-refractivity contribution in [2.24, 2.45) is 5.41 Å². The van der Waals surface area contributed by atoms with Crippen molar-refractivity contribution in [2.75, 3.05) is 6.61 Å². The lowest BCUT2D eigenvalue weighted by molar-refractivity contribution is 0.154. The lowest BCUT2D eigenvalue weighted by Gasteiger charge is -2.26. The van der Waals surface area contributed by atoms with Crippen LogP contribution in [0.5, 0.6) is 0 Å². The molecule has 0 aromatic carbocycles. The molecule has 0 spiro atoms. The smallest absolute Gasteiger partial charge is 0.157 e. The van der Waals surface area contributed by atoms with Crippen LogP contribution in [0.25, 0.3) is 0 Å². The zero-order chi connectivity index (χ0) is 9.53. The minimum Gasteiger partial charge on any atom is -0.466 e. The summed E-state index contributed by atoms with van der Waals surface area (Å²) in [6, 6.07) is 3.84. The highest BCUT2D eigenvalue weighted by Gasteiger charge is 2.58. The van der Waals surface area contributed by atoms with E-state index < -0.39 is 0 Å². The second-order valence-electron chi connectivity index (χ2n) is 4.02. The van der Waals surface area contributed by atoms with Gasteiger partial charge in [-0.1, -0.05) is 19.9 Å². The summed E-state index contributed by atoms with van der Waals surface area (Å²) in [6.45, 7) is 8.76. The first-order chi connectivity index (χ1) is 6.12. The minimum atomic E-state index is -0.266. The molecule has 1 aromatic rings. The van der Waals surface area contributed by atoms with Crippen molar-refractivity contribution in [2.45, 2.75) is 19.4 Å². The van der Waals surface area contributed by atoms with Gasteiger partial charge in [0.25, 0.3) is 0 Å². The Morgan fingerprint density at radius 2 is 2.31 bits per heavy atom. The third kappa shape index (κ3) is 1.05. The van der Waals surface area contributed by atoms with E-state index >= 15 is 0 Å². The molecule has 1 fully saturated rings. The van der Waals surface area contributed by atoms with Crippen LogP contribution in [0.4, 0.5) is 0 Å². The molecule has 2 heteroatoms. The van der Waals surface area contributed by atoms with Gasteiger partial charge in [-0.05, 0) is 12.1 Å².